The van der Waals surface area contributed by atoms with E-state index < -0.39 is 0 Å². The van der Waals surface area contributed by atoms with E-state index in [0.29, 0.717) is 0 Å². The van der Waals surface area contributed by atoms with Crippen LogP contribution in [0.4, 0.5) is 11.6 Å². The summed E-state index contributed by atoms with van der Waals surface area (Å²) in [6.45, 7) is 2.04. The Kier molecular flexibility index (Phi) is 3.64. The molecule has 0 fully saturated rings. The maximum atomic E-state index is 4.34. The second-order valence-corrected chi connectivity index (χ2v) is 3.16. The van der Waals surface area contributed by atoms with Crippen LogP contribution in [0.25, 0.3) is 0 Å². The van der Waals surface area contributed by atoms with Crippen LogP contribution in [0.3, 0.4) is 0 Å². The minimum absolute atomic E-state index is 0.811. The molecule has 5 nitrogen and oxygen atoms in total. The number of hydrogen-bond acceptors (Lipinski definition) is 5. The van der Waals surface area contributed by atoms with E-state index >= 15 is 0 Å². The molecule has 14 heavy (non-hydrogen) atoms. The van der Waals surface area contributed by atoms with Crippen molar-refractivity contribution in [3.63, 3.8) is 0 Å². The summed E-state index contributed by atoms with van der Waals surface area (Å²) in [5.41, 5.74) is 3.10. The van der Waals surface area contributed by atoms with Crippen molar-refractivity contribution in [2.75, 3.05) is 31.9 Å². The van der Waals surface area contributed by atoms with Crippen molar-refractivity contribution in [1.29, 1.82) is 0 Å². The normalized spacial score (nSPS) is 10.4. The Morgan fingerprint density at radius 2 is 1.93 bits per heavy atom. The molecule has 0 spiro atoms. The summed E-state index contributed by atoms with van der Waals surface area (Å²) in [7, 11) is 5.70. The Morgan fingerprint density at radius 1 is 1.29 bits per heavy atom. The number of anilines is 2. The number of nitrogens with zero attached hydrogens (tertiary/aromatic N) is 3. The molecule has 0 aliphatic heterocycles. The van der Waals surface area contributed by atoms with Gasteiger partial charge in [-0.3, -0.25) is 0 Å². The van der Waals surface area contributed by atoms with Gasteiger partial charge in [0.15, 0.2) is 0 Å². The van der Waals surface area contributed by atoms with E-state index in [1.165, 1.54) is 0 Å². The van der Waals surface area contributed by atoms with E-state index in [1.54, 1.807) is 0 Å². The van der Waals surface area contributed by atoms with Gasteiger partial charge < -0.3 is 10.7 Å². The fourth-order valence-corrected chi connectivity index (χ4v) is 1.07. The topological polar surface area (TPSA) is 53.1 Å². The molecule has 5 heteroatoms. The summed E-state index contributed by atoms with van der Waals surface area (Å²) >= 11 is 0. The number of rotatable bonds is 4. The van der Waals surface area contributed by atoms with Crippen molar-refractivity contribution < 1.29 is 0 Å². The van der Waals surface area contributed by atoms with Gasteiger partial charge in [0.1, 0.15) is 17.5 Å². The summed E-state index contributed by atoms with van der Waals surface area (Å²) in [6, 6.07) is 1.87. The van der Waals surface area contributed by atoms with Gasteiger partial charge in [-0.1, -0.05) is 6.92 Å². The zero-order chi connectivity index (χ0) is 10.6. The highest BCUT2D eigenvalue weighted by molar-refractivity contribution is 5.46. The predicted molar refractivity (Wildman–Crippen MR) is 58.3 cm³/mol. The highest BCUT2D eigenvalue weighted by Gasteiger charge is 2.02. The van der Waals surface area contributed by atoms with Gasteiger partial charge in [-0.2, -0.15) is 0 Å². The lowest BCUT2D eigenvalue weighted by atomic mass is 10.4. The molecule has 0 aromatic carbocycles. The maximum absolute atomic E-state index is 4.34. The summed E-state index contributed by atoms with van der Waals surface area (Å²) in [6.07, 6.45) is 0.831. The maximum Gasteiger partial charge on any atom is 0.146 e. The van der Waals surface area contributed by atoms with Crippen molar-refractivity contribution in [2.24, 2.45) is 0 Å². The molecule has 0 saturated heterocycles. The van der Waals surface area contributed by atoms with Gasteiger partial charge in [0.05, 0.1) is 0 Å². The predicted octanol–water partition coefficient (Wildman–Crippen LogP) is 0.969. The van der Waals surface area contributed by atoms with Crippen LogP contribution in [0, 0.1) is 0 Å². The van der Waals surface area contributed by atoms with Gasteiger partial charge in [0.25, 0.3) is 0 Å². The molecule has 1 aromatic rings. The van der Waals surface area contributed by atoms with Crippen LogP contribution in [0.2, 0.25) is 0 Å². The van der Waals surface area contributed by atoms with Gasteiger partial charge in [0, 0.05) is 33.6 Å². The molecule has 2 N–H and O–H groups in total. The first-order valence-corrected chi connectivity index (χ1v) is 4.65. The van der Waals surface area contributed by atoms with Crippen molar-refractivity contribution in [3.05, 3.63) is 11.9 Å². The standard InChI is InChI=1S/C9H17N5/c1-5-7-11-8(10-2)6-9(12-7)13-14(3)4/h6H,5H2,1-4H3,(H2,10,11,12,13). The van der Waals surface area contributed by atoms with E-state index in [-0.39, 0.29) is 0 Å². The fourth-order valence-electron chi connectivity index (χ4n) is 1.07. The molecular formula is C9H17N5. The number of nitrogens with one attached hydrogen (secondary N) is 2. The Bertz CT molecular complexity index is 275. The largest absolute Gasteiger partial charge is 0.373 e. The second kappa shape index (κ2) is 4.76. The molecule has 0 atom stereocenters. The average Bonchev–Trinajstić information content (AvgIpc) is 2.16. The van der Waals surface area contributed by atoms with E-state index in [4.69, 9.17) is 0 Å². The number of aromatic nitrogens is 2. The average molecular weight is 195 g/mol. The Labute approximate surface area is 84.5 Å². The molecular weight excluding hydrogens is 178 g/mol. The first-order chi connectivity index (χ1) is 6.65. The molecule has 0 aliphatic rings. The van der Waals surface area contributed by atoms with Gasteiger partial charge >= 0.3 is 0 Å². The quantitative estimate of drug-likeness (QED) is 0.701. The second-order valence-electron chi connectivity index (χ2n) is 3.16. The lowest BCUT2D eigenvalue weighted by Gasteiger charge is -2.13. The third-order valence-corrected chi connectivity index (χ3v) is 1.68. The van der Waals surface area contributed by atoms with Crippen LogP contribution < -0.4 is 10.7 Å². The number of hydrazine groups is 1. The SMILES string of the molecule is CCc1nc(NC)cc(NN(C)C)n1. The zero-order valence-electron chi connectivity index (χ0n) is 9.13. The summed E-state index contributed by atoms with van der Waals surface area (Å²) in [4.78, 5) is 8.63. The lowest BCUT2D eigenvalue weighted by molar-refractivity contribution is 0.491. The minimum Gasteiger partial charge on any atom is -0.373 e. The van der Waals surface area contributed by atoms with Crippen LogP contribution in [0.15, 0.2) is 6.07 Å². The fraction of sp³-hybridized carbons (Fsp3) is 0.556. The van der Waals surface area contributed by atoms with Crippen molar-refractivity contribution in [2.45, 2.75) is 13.3 Å². The first-order valence-electron chi connectivity index (χ1n) is 4.65. The van der Waals surface area contributed by atoms with E-state index in [0.717, 1.165) is 23.9 Å². The molecule has 0 radical (unpaired) electrons. The number of aryl methyl sites for hydroxylation is 1. The van der Waals surface area contributed by atoms with Gasteiger partial charge in [-0.25, -0.2) is 15.0 Å². The molecule has 1 heterocycles. The van der Waals surface area contributed by atoms with Gasteiger partial charge in [0.2, 0.25) is 0 Å². The molecule has 78 valence electrons. The molecule has 0 amide bonds. The van der Waals surface area contributed by atoms with E-state index in [9.17, 15) is 0 Å². The van der Waals surface area contributed by atoms with Crippen LogP contribution in [0.5, 0.6) is 0 Å². The summed E-state index contributed by atoms with van der Waals surface area (Å²) < 4.78 is 0. The minimum atomic E-state index is 0.811. The highest BCUT2D eigenvalue weighted by Crippen LogP contribution is 2.11. The first kappa shape index (κ1) is 10.7. The van der Waals surface area contributed by atoms with Crippen molar-refractivity contribution in [3.8, 4) is 0 Å². The molecule has 0 unspecified atom stereocenters. The monoisotopic (exact) mass is 195 g/mol. The van der Waals surface area contributed by atoms with E-state index in [2.05, 4.69) is 20.7 Å². The number of hydrogen-bond donors (Lipinski definition) is 2. The lowest BCUT2D eigenvalue weighted by Crippen LogP contribution is -2.21. The molecule has 0 aliphatic carbocycles. The Hall–Kier alpha value is -1.36. The van der Waals surface area contributed by atoms with Gasteiger partial charge in [-0.15, -0.1) is 0 Å². The van der Waals surface area contributed by atoms with Crippen molar-refractivity contribution >= 4 is 11.6 Å². The van der Waals surface area contributed by atoms with E-state index in [1.807, 2.05) is 39.1 Å². The summed E-state index contributed by atoms with van der Waals surface area (Å²) in [5, 5.41) is 4.85. The molecule has 1 rings (SSSR count). The third-order valence-electron chi connectivity index (χ3n) is 1.68. The van der Waals surface area contributed by atoms with Crippen molar-refractivity contribution in [1.82, 2.24) is 15.0 Å². The molecule has 0 saturated carbocycles. The smallest absolute Gasteiger partial charge is 0.146 e. The Balaban J connectivity index is 2.92. The van der Waals surface area contributed by atoms with Crippen LogP contribution in [-0.2, 0) is 6.42 Å². The van der Waals surface area contributed by atoms with Crippen LogP contribution in [-0.4, -0.2) is 36.1 Å². The summed E-state index contributed by atoms with van der Waals surface area (Å²) in [5.74, 6) is 2.48. The Morgan fingerprint density at radius 3 is 2.43 bits per heavy atom. The highest BCUT2D eigenvalue weighted by atomic mass is 15.5. The molecule has 1 aromatic heterocycles. The van der Waals surface area contributed by atoms with Crippen LogP contribution in [0.1, 0.15) is 12.7 Å². The van der Waals surface area contributed by atoms with Crippen LogP contribution >= 0.6 is 0 Å². The van der Waals surface area contributed by atoms with Gasteiger partial charge in [-0.05, 0) is 0 Å². The third kappa shape index (κ3) is 2.85. The molecule has 0 bridgehead atoms. The zero-order valence-corrected chi connectivity index (χ0v) is 9.13.